The lowest BCUT2D eigenvalue weighted by Crippen LogP contribution is -2.28. The maximum Gasteiger partial charge on any atom is 0.414 e. The average Bonchev–Trinajstić information content (AvgIpc) is 2.89. The molecule has 0 bridgehead atoms. The number of ketones is 1. The zero-order valence-electron chi connectivity index (χ0n) is 12.6. The number of cyclic esters (lactones) is 1. The quantitative estimate of drug-likeness (QED) is 0.893. The summed E-state index contributed by atoms with van der Waals surface area (Å²) < 4.78 is 33.7. The van der Waals surface area contributed by atoms with Gasteiger partial charge in [-0.15, -0.1) is 12.4 Å². The van der Waals surface area contributed by atoms with Gasteiger partial charge in [-0.05, 0) is 6.08 Å². The number of carbonyl (C=O) groups is 2. The number of carbonyl (C=O) groups excluding carboxylic acids is 2. The van der Waals surface area contributed by atoms with Crippen molar-refractivity contribution < 1.29 is 23.1 Å². The summed E-state index contributed by atoms with van der Waals surface area (Å²) in [4.78, 5) is 25.4. The van der Waals surface area contributed by atoms with E-state index in [0.717, 1.165) is 17.0 Å². The molecule has 6 nitrogen and oxygen atoms in total. The van der Waals surface area contributed by atoms with Crippen LogP contribution in [0, 0.1) is 11.6 Å². The highest BCUT2D eigenvalue weighted by Crippen LogP contribution is 2.31. The van der Waals surface area contributed by atoms with Crippen LogP contribution >= 0.6 is 12.4 Å². The third-order valence-corrected chi connectivity index (χ3v) is 3.78. The molecule has 24 heavy (non-hydrogen) atoms. The van der Waals surface area contributed by atoms with E-state index in [1.807, 2.05) is 0 Å². The highest BCUT2D eigenvalue weighted by molar-refractivity contribution is 5.92. The fraction of sp³-hybridized carbons (Fsp3) is 0.333. The van der Waals surface area contributed by atoms with Gasteiger partial charge in [-0.25, -0.2) is 13.6 Å². The van der Waals surface area contributed by atoms with Gasteiger partial charge in [-0.3, -0.25) is 9.69 Å². The van der Waals surface area contributed by atoms with Gasteiger partial charge in [0, 0.05) is 37.8 Å². The molecule has 1 aromatic carbocycles. The number of hydrogen-bond acceptors (Lipinski definition) is 5. The molecule has 2 aliphatic rings. The summed E-state index contributed by atoms with van der Waals surface area (Å²) in [5, 5.41) is 0. The number of benzene rings is 1. The second-order valence-corrected chi connectivity index (χ2v) is 5.34. The van der Waals surface area contributed by atoms with Crippen LogP contribution in [0.2, 0.25) is 0 Å². The van der Waals surface area contributed by atoms with E-state index >= 15 is 0 Å². The fourth-order valence-electron chi connectivity index (χ4n) is 2.59. The molecule has 1 amide bonds. The first-order valence-electron chi connectivity index (χ1n) is 7.14. The van der Waals surface area contributed by atoms with Crippen LogP contribution < -0.4 is 15.5 Å². The Morgan fingerprint density at radius 1 is 1.25 bits per heavy atom. The van der Waals surface area contributed by atoms with E-state index in [-0.39, 0.29) is 55.6 Å². The topological polar surface area (TPSA) is 75.9 Å². The van der Waals surface area contributed by atoms with Crippen molar-refractivity contribution >= 4 is 35.7 Å². The van der Waals surface area contributed by atoms with Gasteiger partial charge in [0.05, 0.1) is 12.2 Å². The Morgan fingerprint density at radius 3 is 2.42 bits per heavy atom. The highest BCUT2D eigenvalue weighted by atomic mass is 35.5. The van der Waals surface area contributed by atoms with Crippen LogP contribution in [0.25, 0.3) is 0 Å². The van der Waals surface area contributed by atoms with Gasteiger partial charge in [-0.2, -0.15) is 0 Å². The van der Waals surface area contributed by atoms with Gasteiger partial charge in [0.1, 0.15) is 11.8 Å². The third kappa shape index (κ3) is 3.34. The second-order valence-electron chi connectivity index (χ2n) is 5.34. The van der Waals surface area contributed by atoms with Gasteiger partial charge in [-0.1, -0.05) is 0 Å². The molecule has 1 fully saturated rings. The van der Waals surface area contributed by atoms with E-state index < -0.39 is 23.8 Å². The molecular weight excluding hydrogens is 344 g/mol. The normalized spacial score (nSPS) is 20.2. The number of allylic oxidation sites excluding steroid dienone is 1. The monoisotopic (exact) mass is 359 g/mol. The largest absolute Gasteiger partial charge is 0.443 e. The van der Waals surface area contributed by atoms with Crippen molar-refractivity contribution in [3.63, 3.8) is 0 Å². The molecule has 3 rings (SSSR count). The zero-order chi connectivity index (χ0) is 16.6. The van der Waals surface area contributed by atoms with Crippen molar-refractivity contribution in [1.29, 1.82) is 0 Å². The van der Waals surface area contributed by atoms with Crippen molar-refractivity contribution in [2.75, 3.05) is 29.4 Å². The molecular formula is C15H16ClF2N3O3. The lowest BCUT2D eigenvalue weighted by Gasteiger charge is -2.25. The number of rotatable bonds is 3. The van der Waals surface area contributed by atoms with Crippen LogP contribution in [0.5, 0.6) is 0 Å². The molecule has 1 atom stereocenters. The minimum absolute atomic E-state index is 0. The molecule has 0 aliphatic carbocycles. The van der Waals surface area contributed by atoms with E-state index in [2.05, 4.69) is 0 Å². The van der Waals surface area contributed by atoms with E-state index in [9.17, 15) is 18.4 Å². The fourth-order valence-corrected chi connectivity index (χ4v) is 2.59. The standard InChI is InChI=1S/C15H15F2N3O3.ClH/c16-12-5-9(20-8-11(7-18)23-15(20)22)6-13(17)14(12)19-3-1-10(21)2-4-19;/h1,3,5-6,11H,2,4,7-8,18H2;1H. The van der Waals surface area contributed by atoms with Crippen molar-refractivity contribution in [2.45, 2.75) is 12.5 Å². The summed E-state index contributed by atoms with van der Waals surface area (Å²) >= 11 is 0. The number of nitrogens with zero attached hydrogens (tertiary/aromatic N) is 2. The predicted octanol–water partition coefficient (Wildman–Crippen LogP) is 1.96. The molecule has 0 saturated carbocycles. The Balaban J connectivity index is 0.00000208. The summed E-state index contributed by atoms with van der Waals surface area (Å²) in [6, 6.07) is 2.14. The summed E-state index contributed by atoms with van der Waals surface area (Å²) in [6.45, 7) is 0.479. The van der Waals surface area contributed by atoms with Crippen molar-refractivity contribution in [3.05, 3.63) is 36.0 Å². The third-order valence-electron chi connectivity index (χ3n) is 3.78. The average molecular weight is 360 g/mol. The van der Waals surface area contributed by atoms with Crippen LogP contribution in [0.4, 0.5) is 25.0 Å². The molecule has 9 heteroatoms. The first kappa shape index (κ1) is 18.2. The Hall–Kier alpha value is -2.19. The van der Waals surface area contributed by atoms with Crippen molar-refractivity contribution in [2.24, 2.45) is 5.73 Å². The lowest BCUT2D eigenvalue weighted by atomic mass is 10.1. The molecule has 130 valence electrons. The number of nitrogens with two attached hydrogens (primary N) is 1. The van der Waals surface area contributed by atoms with Crippen molar-refractivity contribution in [3.8, 4) is 0 Å². The van der Waals surface area contributed by atoms with Crippen LogP contribution in [0.1, 0.15) is 6.42 Å². The smallest absolute Gasteiger partial charge is 0.414 e. The first-order chi connectivity index (χ1) is 11.0. The Labute approximate surface area is 143 Å². The van der Waals surface area contributed by atoms with Gasteiger partial charge in [0.2, 0.25) is 0 Å². The van der Waals surface area contributed by atoms with Gasteiger partial charge < -0.3 is 15.4 Å². The molecule has 0 spiro atoms. The summed E-state index contributed by atoms with van der Waals surface area (Å²) in [5.41, 5.74) is 5.26. The summed E-state index contributed by atoms with van der Waals surface area (Å²) in [6.07, 6.45) is 1.63. The van der Waals surface area contributed by atoms with Gasteiger partial charge in [0.15, 0.2) is 17.4 Å². The molecule has 2 aliphatic heterocycles. The zero-order valence-corrected chi connectivity index (χ0v) is 13.4. The highest BCUT2D eigenvalue weighted by Gasteiger charge is 2.32. The van der Waals surface area contributed by atoms with E-state index in [1.54, 1.807) is 0 Å². The molecule has 1 saturated heterocycles. The minimum Gasteiger partial charge on any atom is -0.443 e. The number of halogens is 3. The summed E-state index contributed by atoms with van der Waals surface area (Å²) in [7, 11) is 0. The molecule has 0 radical (unpaired) electrons. The van der Waals surface area contributed by atoms with E-state index in [4.69, 9.17) is 10.5 Å². The van der Waals surface area contributed by atoms with E-state index in [1.165, 1.54) is 17.2 Å². The molecule has 2 heterocycles. The Kier molecular flexibility index (Phi) is 5.40. The summed E-state index contributed by atoms with van der Waals surface area (Å²) in [5.74, 6) is -1.72. The first-order valence-corrected chi connectivity index (χ1v) is 7.14. The Bertz CT molecular complexity index is 676. The number of hydrogen-bond donors (Lipinski definition) is 1. The van der Waals surface area contributed by atoms with E-state index in [0.29, 0.717) is 0 Å². The van der Waals surface area contributed by atoms with Crippen molar-refractivity contribution in [1.82, 2.24) is 0 Å². The number of ether oxygens (including phenoxy) is 1. The molecule has 0 aromatic heterocycles. The van der Waals surface area contributed by atoms with Crippen LogP contribution in [-0.2, 0) is 9.53 Å². The predicted molar refractivity (Wildman–Crippen MR) is 86.4 cm³/mol. The lowest BCUT2D eigenvalue weighted by molar-refractivity contribution is -0.114. The Morgan fingerprint density at radius 2 is 1.92 bits per heavy atom. The van der Waals surface area contributed by atoms with Crippen LogP contribution in [0.15, 0.2) is 24.4 Å². The molecule has 2 N–H and O–H groups in total. The maximum absolute atomic E-state index is 14.3. The van der Waals surface area contributed by atoms with Crippen LogP contribution in [0.3, 0.4) is 0 Å². The number of amides is 1. The second kappa shape index (κ2) is 7.14. The minimum atomic E-state index is -0.817. The van der Waals surface area contributed by atoms with Crippen LogP contribution in [-0.4, -0.2) is 37.6 Å². The number of anilines is 2. The van der Waals surface area contributed by atoms with Gasteiger partial charge >= 0.3 is 6.09 Å². The molecule has 1 unspecified atom stereocenters. The SMILES string of the molecule is Cl.NCC1CN(c2cc(F)c(N3C=CC(=O)CC3)c(F)c2)C(=O)O1. The van der Waals surface area contributed by atoms with Gasteiger partial charge in [0.25, 0.3) is 0 Å². The maximum atomic E-state index is 14.3. The molecule has 1 aromatic rings.